The monoisotopic (exact) mass is 266 g/mol. The SMILES string of the molecule is CNC(=O)C(C)(C)CNC(C)c1ccc(O)cc1O. The van der Waals surface area contributed by atoms with Gasteiger partial charge in [0.2, 0.25) is 5.91 Å². The van der Waals surface area contributed by atoms with Crippen molar-refractivity contribution in [1.29, 1.82) is 0 Å². The maximum absolute atomic E-state index is 11.7. The van der Waals surface area contributed by atoms with Crippen LogP contribution in [-0.2, 0) is 4.79 Å². The summed E-state index contributed by atoms with van der Waals surface area (Å²) < 4.78 is 0. The molecule has 1 aromatic carbocycles. The van der Waals surface area contributed by atoms with Gasteiger partial charge in [0.1, 0.15) is 11.5 Å². The minimum Gasteiger partial charge on any atom is -0.508 e. The van der Waals surface area contributed by atoms with E-state index < -0.39 is 5.41 Å². The van der Waals surface area contributed by atoms with Crippen molar-refractivity contribution >= 4 is 5.91 Å². The predicted molar refractivity (Wildman–Crippen MR) is 74.0 cm³/mol. The number of nitrogens with one attached hydrogen (secondary N) is 2. The fourth-order valence-electron chi connectivity index (χ4n) is 1.84. The molecule has 0 heterocycles. The Hall–Kier alpha value is -1.75. The van der Waals surface area contributed by atoms with Crippen molar-refractivity contribution in [1.82, 2.24) is 10.6 Å². The Balaban J connectivity index is 2.70. The largest absolute Gasteiger partial charge is 0.508 e. The highest BCUT2D eigenvalue weighted by atomic mass is 16.3. The molecule has 19 heavy (non-hydrogen) atoms. The van der Waals surface area contributed by atoms with Gasteiger partial charge in [0, 0.05) is 31.3 Å². The number of carbonyl (C=O) groups excluding carboxylic acids is 1. The van der Waals surface area contributed by atoms with Gasteiger partial charge in [-0.15, -0.1) is 0 Å². The summed E-state index contributed by atoms with van der Waals surface area (Å²) in [6.45, 7) is 6.07. The average Bonchev–Trinajstić information content (AvgIpc) is 2.35. The average molecular weight is 266 g/mol. The second kappa shape index (κ2) is 5.93. The van der Waals surface area contributed by atoms with Crippen molar-refractivity contribution < 1.29 is 15.0 Å². The Kier molecular flexibility index (Phi) is 4.78. The van der Waals surface area contributed by atoms with Crippen molar-refractivity contribution in [2.75, 3.05) is 13.6 Å². The number of benzene rings is 1. The normalized spacial score (nSPS) is 13.1. The fourth-order valence-corrected chi connectivity index (χ4v) is 1.84. The van der Waals surface area contributed by atoms with Crippen molar-refractivity contribution in [3.63, 3.8) is 0 Å². The van der Waals surface area contributed by atoms with Crippen LogP contribution in [0.15, 0.2) is 18.2 Å². The van der Waals surface area contributed by atoms with E-state index in [9.17, 15) is 15.0 Å². The van der Waals surface area contributed by atoms with Crippen LogP contribution in [0.1, 0.15) is 32.4 Å². The first-order chi connectivity index (χ1) is 8.77. The molecular weight excluding hydrogens is 244 g/mol. The summed E-state index contributed by atoms with van der Waals surface area (Å²) in [5.74, 6) is 0.0269. The van der Waals surface area contributed by atoms with Crippen molar-refractivity contribution in [3.8, 4) is 11.5 Å². The molecule has 106 valence electrons. The van der Waals surface area contributed by atoms with Crippen LogP contribution < -0.4 is 10.6 Å². The molecule has 4 N–H and O–H groups in total. The molecule has 1 aromatic rings. The van der Waals surface area contributed by atoms with Crippen molar-refractivity contribution in [2.24, 2.45) is 5.41 Å². The first-order valence-corrected chi connectivity index (χ1v) is 6.25. The van der Waals surface area contributed by atoms with Crippen molar-refractivity contribution in [3.05, 3.63) is 23.8 Å². The summed E-state index contributed by atoms with van der Waals surface area (Å²) in [6.07, 6.45) is 0. The van der Waals surface area contributed by atoms with E-state index in [0.717, 1.165) is 0 Å². The molecular formula is C14H22N2O3. The van der Waals surface area contributed by atoms with Gasteiger partial charge >= 0.3 is 0 Å². The first kappa shape index (κ1) is 15.3. The molecule has 0 aliphatic carbocycles. The number of carbonyl (C=O) groups is 1. The maximum Gasteiger partial charge on any atom is 0.226 e. The molecule has 5 heteroatoms. The van der Waals surface area contributed by atoms with Crippen LogP contribution in [0.5, 0.6) is 11.5 Å². The van der Waals surface area contributed by atoms with Crippen LogP contribution in [0, 0.1) is 5.41 Å². The van der Waals surface area contributed by atoms with E-state index in [0.29, 0.717) is 12.1 Å². The van der Waals surface area contributed by atoms with E-state index in [2.05, 4.69) is 10.6 Å². The van der Waals surface area contributed by atoms with E-state index >= 15 is 0 Å². The molecule has 1 rings (SSSR count). The number of phenolic OH excluding ortho intramolecular Hbond substituents is 2. The van der Waals surface area contributed by atoms with Crippen LogP contribution in [0.2, 0.25) is 0 Å². The number of hydrogen-bond acceptors (Lipinski definition) is 4. The lowest BCUT2D eigenvalue weighted by atomic mass is 9.91. The van der Waals surface area contributed by atoms with E-state index in [4.69, 9.17) is 0 Å². The summed E-state index contributed by atoms with van der Waals surface area (Å²) in [5.41, 5.74) is 0.153. The van der Waals surface area contributed by atoms with Crippen molar-refractivity contribution in [2.45, 2.75) is 26.8 Å². The molecule has 0 radical (unpaired) electrons. The molecule has 0 aromatic heterocycles. The molecule has 0 saturated heterocycles. The van der Waals surface area contributed by atoms with E-state index in [1.165, 1.54) is 12.1 Å². The van der Waals surface area contributed by atoms with Gasteiger partial charge in [-0.1, -0.05) is 6.07 Å². The topological polar surface area (TPSA) is 81.6 Å². The van der Waals surface area contributed by atoms with Gasteiger partial charge < -0.3 is 20.8 Å². The lowest BCUT2D eigenvalue weighted by Gasteiger charge is -2.25. The third-order valence-corrected chi connectivity index (χ3v) is 3.17. The number of aromatic hydroxyl groups is 2. The highest BCUT2D eigenvalue weighted by Gasteiger charge is 2.27. The smallest absolute Gasteiger partial charge is 0.226 e. The highest BCUT2D eigenvalue weighted by molar-refractivity contribution is 5.81. The summed E-state index contributed by atoms with van der Waals surface area (Å²) in [6, 6.07) is 4.37. The van der Waals surface area contributed by atoms with E-state index in [1.54, 1.807) is 13.1 Å². The summed E-state index contributed by atoms with van der Waals surface area (Å²) >= 11 is 0. The Bertz CT molecular complexity index is 458. The number of rotatable bonds is 5. The zero-order valence-electron chi connectivity index (χ0n) is 11.8. The zero-order chi connectivity index (χ0) is 14.6. The third-order valence-electron chi connectivity index (χ3n) is 3.17. The number of phenols is 2. The van der Waals surface area contributed by atoms with Crippen LogP contribution in [0.25, 0.3) is 0 Å². The predicted octanol–water partition coefficient (Wildman–Crippen LogP) is 1.52. The van der Waals surface area contributed by atoms with Gasteiger partial charge in [-0.2, -0.15) is 0 Å². The molecule has 1 amide bonds. The van der Waals surface area contributed by atoms with Crippen LogP contribution in [0.4, 0.5) is 0 Å². The fraction of sp³-hybridized carbons (Fsp3) is 0.500. The number of amides is 1. The third kappa shape index (κ3) is 3.86. The Labute approximate surface area is 113 Å². The van der Waals surface area contributed by atoms with Gasteiger partial charge in [0.05, 0.1) is 5.41 Å². The Morgan fingerprint density at radius 3 is 2.53 bits per heavy atom. The molecule has 0 aliphatic rings. The van der Waals surface area contributed by atoms with Crippen LogP contribution in [0.3, 0.4) is 0 Å². The molecule has 1 unspecified atom stereocenters. The maximum atomic E-state index is 11.7. The molecule has 0 spiro atoms. The van der Waals surface area contributed by atoms with Crippen LogP contribution >= 0.6 is 0 Å². The minimum absolute atomic E-state index is 0.0270. The molecule has 5 nitrogen and oxygen atoms in total. The molecule has 0 bridgehead atoms. The molecule has 0 fully saturated rings. The summed E-state index contributed by atoms with van der Waals surface area (Å²) in [7, 11) is 1.61. The van der Waals surface area contributed by atoms with Gasteiger partial charge in [-0.25, -0.2) is 0 Å². The second-order valence-electron chi connectivity index (χ2n) is 5.31. The lowest BCUT2D eigenvalue weighted by molar-refractivity contribution is -0.128. The van der Waals surface area contributed by atoms with Gasteiger partial charge in [-0.3, -0.25) is 4.79 Å². The number of hydrogen-bond donors (Lipinski definition) is 4. The van der Waals surface area contributed by atoms with E-state index in [1.807, 2.05) is 20.8 Å². The lowest BCUT2D eigenvalue weighted by Crippen LogP contribution is -2.42. The standard InChI is InChI=1S/C14H22N2O3/c1-9(11-6-5-10(17)7-12(11)18)16-8-14(2,3)13(19)15-4/h5-7,9,16-18H,8H2,1-4H3,(H,15,19). The Morgan fingerprint density at radius 2 is 2.00 bits per heavy atom. The van der Waals surface area contributed by atoms with Crippen LogP contribution in [-0.4, -0.2) is 29.7 Å². The minimum atomic E-state index is -0.532. The second-order valence-corrected chi connectivity index (χ2v) is 5.31. The van der Waals surface area contributed by atoms with E-state index in [-0.39, 0.29) is 23.4 Å². The summed E-state index contributed by atoms with van der Waals surface area (Å²) in [5, 5.41) is 24.9. The summed E-state index contributed by atoms with van der Waals surface area (Å²) in [4.78, 5) is 11.7. The van der Waals surface area contributed by atoms with Gasteiger partial charge in [0.25, 0.3) is 0 Å². The highest BCUT2D eigenvalue weighted by Crippen LogP contribution is 2.28. The molecule has 0 aliphatic heterocycles. The molecule has 1 atom stereocenters. The first-order valence-electron chi connectivity index (χ1n) is 6.25. The van der Waals surface area contributed by atoms with Gasteiger partial charge in [-0.05, 0) is 26.8 Å². The Morgan fingerprint density at radius 1 is 1.37 bits per heavy atom. The quantitative estimate of drug-likeness (QED) is 0.651. The zero-order valence-corrected chi connectivity index (χ0v) is 11.8. The molecule has 0 saturated carbocycles. The van der Waals surface area contributed by atoms with Gasteiger partial charge in [0.15, 0.2) is 0 Å².